The van der Waals surface area contributed by atoms with E-state index in [1.165, 1.54) is 26.4 Å². The van der Waals surface area contributed by atoms with Crippen molar-refractivity contribution in [3.63, 3.8) is 0 Å². The molecule has 0 fully saturated rings. The van der Waals surface area contributed by atoms with E-state index in [9.17, 15) is 9.18 Å². The maximum absolute atomic E-state index is 13.2. The Balaban J connectivity index is 2.77. The van der Waals surface area contributed by atoms with Gasteiger partial charge >= 0.3 is 0 Å². The fourth-order valence-electron chi connectivity index (χ4n) is 1.41. The molecule has 1 atom stereocenters. The fourth-order valence-corrected chi connectivity index (χ4v) is 1.41. The topological polar surface area (TPSA) is 67.8 Å². The van der Waals surface area contributed by atoms with Crippen LogP contribution in [-0.2, 0) is 4.74 Å². The first kappa shape index (κ1) is 14.4. The summed E-state index contributed by atoms with van der Waals surface area (Å²) < 4.78 is 22.8. The van der Waals surface area contributed by atoms with E-state index in [0.717, 1.165) is 6.07 Å². The molecule has 1 unspecified atom stereocenters. The molecule has 6 heteroatoms. The highest BCUT2D eigenvalue weighted by atomic mass is 19.1. The number of halogens is 1. The molecule has 18 heavy (non-hydrogen) atoms. The van der Waals surface area contributed by atoms with Gasteiger partial charge in [-0.05, 0) is 18.2 Å². The standard InChI is InChI=1S/C12H16FNO4/c1-17-7-9(6-15)14-12(16)8-3-4-10(13)11(5-8)18-2/h3-5,9,15H,6-7H2,1-2H3,(H,14,16). The predicted molar refractivity (Wildman–Crippen MR) is 63.2 cm³/mol. The van der Waals surface area contributed by atoms with Crippen LogP contribution < -0.4 is 10.1 Å². The highest BCUT2D eigenvalue weighted by molar-refractivity contribution is 5.94. The van der Waals surface area contributed by atoms with Crippen LogP contribution in [0.15, 0.2) is 18.2 Å². The number of benzene rings is 1. The number of nitrogens with one attached hydrogen (secondary N) is 1. The lowest BCUT2D eigenvalue weighted by Crippen LogP contribution is -2.40. The van der Waals surface area contributed by atoms with Crippen molar-refractivity contribution in [1.82, 2.24) is 5.32 Å². The summed E-state index contributed by atoms with van der Waals surface area (Å²) in [6.45, 7) is -0.0432. The van der Waals surface area contributed by atoms with Gasteiger partial charge < -0.3 is 19.9 Å². The van der Waals surface area contributed by atoms with Gasteiger partial charge in [0.15, 0.2) is 11.6 Å². The summed E-state index contributed by atoms with van der Waals surface area (Å²) in [6.07, 6.45) is 0. The van der Waals surface area contributed by atoms with Gasteiger partial charge in [0.05, 0.1) is 26.4 Å². The average molecular weight is 257 g/mol. The summed E-state index contributed by atoms with van der Waals surface area (Å²) in [5.41, 5.74) is 0.253. The molecule has 0 aliphatic rings. The van der Waals surface area contributed by atoms with Crippen LogP contribution in [0.2, 0.25) is 0 Å². The van der Waals surface area contributed by atoms with E-state index in [-0.39, 0.29) is 24.5 Å². The largest absolute Gasteiger partial charge is 0.494 e. The van der Waals surface area contributed by atoms with Crippen molar-refractivity contribution < 1.29 is 23.8 Å². The van der Waals surface area contributed by atoms with Crippen molar-refractivity contribution in [1.29, 1.82) is 0 Å². The Morgan fingerprint density at radius 1 is 1.50 bits per heavy atom. The highest BCUT2D eigenvalue weighted by Gasteiger charge is 2.14. The minimum atomic E-state index is -0.537. The molecule has 0 bridgehead atoms. The average Bonchev–Trinajstić information content (AvgIpc) is 2.38. The lowest BCUT2D eigenvalue weighted by atomic mass is 10.2. The Morgan fingerprint density at radius 3 is 2.78 bits per heavy atom. The van der Waals surface area contributed by atoms with Gasteiger partial charge in [-0.15, -0.1) is 0 Å². The van der Waals surface area contributed by atoms with E-state index in [4.69, 9.17) is 14.6 Å². The third kappa shape index (κ3) is 3.68. The molecule has 1 rings (SSSR count). The van der Waals surface area contributed by atoms with Gasteiger partial charge in [0.25, 0.3) is 5.91 Å². The van der Waals surface area contributed by atoms with E-state index in [0.29, 0.717) is 0 Å². The number of carbonyl (C=O) groups is 1. The molecule has 0 saturated heterocycles. The molecular formula is C12H16FNO4. The molecule has 0 aromatic heterocycles. The molecule has 2 N–H and O–H groups in total. The normalized spacial score (nSPS) is 12.0. The molecule has 0 saturated carbocycles. The Hall–Kier alpha value is -1.66. The van der Waals surface area contributed by atoms with E-state index >= 15 is 0 Å². The monoisotopic (exact) mass is 257 g/mol. The van der Waals surface area contributed by atoms with Gasteiger partial charge in [-0.3, -0.25) is 4.79 Å². The number of aliphatic hydroxyl groups is 1. The van der Waals surface area contributed by atoms with E-state index in [2.05, 4.69) is 5.32 Å². The van der Waals surface area contributed by atoms with Crippen LogP contribution in [0, 0.1) is 5.82 Å². The maximum atomic E-state index is 13.2. The summed E-state index contributed by atoms with van der Waals surface area (Å²) in [7, 11) is 2.79. The van der Waals surface area contributed by atoms with Gasteiger partial charge in [-0.2, -0.15) is 0 Å². The van der Waals surface area contributed by atoms with Crippen molar-refractivity contribution in [2.45, 2.75) is 6.04 Å². The first-order valence-electron chi connectivity index (χ1n) is 5.36. The minimum Gasteiger partial charge on any atom is -0.494 e. The summed E-state index contributed by atoms with van der Waals surface area (Å²) >= 11 is 0. The Bertz CT molecular complexity index is 411. The molecule has 1 aromatic rings. The van der Waals surface area contributed by atoms with Gasteiger partial charge in [0, 0.05) is 12.7 Å². The second-order valence-electron chi connectivity index (χ2n) is 3.66. The number of rotatable bonds is 6. The molecule has 1 aromatic carbocycles. The second kappa shape index (κ2) is 6.93. The van der Waals surface area contributed by atoms with Gasteiger partial charge in [-0.1, -0.05) is 0 Å². The Kier molecular flexibility index (Phi) is 5.54. The number of hydrogen-bond acceptors (Lipinski definition) is 4. The third-order valence-electron chi connectivity index (χ3n) is 2.34. The maximum Gasteiger partial charge on any atom is 0.251 e. The number of carbonyl (C=O) groups excluding carboxylic acids is 1. The number of amides is 1. The Labute approximate surface area is 105 Å². The van der Waals surface area contributed by atoms with Crippen molar-refractivity contribution in [2.24, 2.45) is 0 Å². The summed E-state index contributed by atoms with van der Waals surface area (Å²) in [4.78, 5) is 11.8. The van der Waals surface area contributed by atoms with Crippen LogP contribution in [0.5, 0.6) is 5.75 Å². The second-order valence-corrected chi connectivity index (χ2v) is 3.66. The first-order valence-corrected chi connectivity index (χ1v) is 5.36. The lowest BCUT2D eigenvalue weighted by molar-refractivity contribution is 0.0839. The molecule has 1 amide bonds. The van der Waals surface area contributed by atoms with Crippen molar-refractivity contribution >= 4 is 5.91 Å². The highest BCUT2D eigenvalue weighted by Crippen LogP contribution is 2.18. The molecule has 5 nitrogen and oxygen atoms in total. The zero-order valence-corrected chi connectivity index (χ0v) is 10.3. The SMILES string of the molecule is COCC(CO)NC(=O)c1ccc(F)c(OC)c1. The molecule has 0 aliphatic heterocycles. The van der Waals surface area contributed by atoms with Crippen LogP contribution in [0.1, 0.15) is 10.4 Å². The van der Waals surface area contributed by atoms with Gasteiger partial charge in [0.2, 0.25) is 0 Å². The number of ether oxygens (including phenoxy) is 2. The zero-order chi connectivity index (χ0) is 13.5. The van der Waals surface area contributed by atoms with E-state index in [1.807, 2.05) is 0 Å². The summed E-state index contributed by atoms with van der Waals surface area (Å²) in [5, 5.41) is 11.6. The van der Waals surface area contributed by atoms with Crippen LogP contribution in [0.4, 0.5) is 4.39 Å². The molecule has 0 radical (unpaired) electrons. The van der Waals surface area contributed by atoms with Crippen LogP contribution in [0.3, 0.4) is 0 Å². The quantitative estimate of drug-likeness (QED) is 0.782. The van der Waals surface area contributed by atoms with E-state index in [1.54, 1.807) is 0 Å². The first-order chi connectivity index (χ1) is 8.62. The lowest BCUT2D eigenvalue weighted by Gasteiger charge is -2.15. The van der Waals surface area contributed by atoms with Crippen LogP contribution in [0.25, 0.3) is 0 Å². The van der Waals surface area contributed by atoms with Crippen molar-refractivity contribution in [3.8, 4) is 5.75 Å². The van der Waals surface area contributed by atoms with Gasteiger partial charge in [-0.25, -0.2) is 4.39 Å². The molecular weight excluding hydrogens is 241 g/mol. The molecule has 0 aliphatic carbocycles. The smallest absolute Gasteiger partial charge is 0.251 e. The summed E-state index contributed by atoms with van der Waals surface area (Å²) in [6, 6.07) is 3.29. The van der Waals surface area contributed by atoms with Crippen molar-refractivity contribution in [2.75, 3.05) is 27.4 Å². The summed E-state index contributed by atoms with van der Waals surface area (Å²) in [5.74, 6) is -0.969. The number of aliphatic hydroxyl groups excluding tert-OH is 1. The zero-order valence-electron chi connectivity index (χ0n) is 10.3. The fraction of sp³-hybridized carbons (Fsp3) is 0.417. The minimum absolute atomic E-state index is 0.00469. The van der Waals surface area contributed by atoms with Crippen molar-refractivity contribution in [3.05, 3.63) is 29.6 Å². The van der Waals surface area contributed by atoms with Crippen LogP contribution >= 0.6 is 0 Å². The molecule has 0 heterocycles. The Morgan fingerprint density at radius 2 is 2.22 bits per heavy atom. The number of methoxy groups -OCH3 is 2. The van der Waals surface area contributed by atoms with E-state index < -0.39 is 17.8 Å². The molecule has 0 spiro atoms. The molecule has 100 valence electrons. The third-order valence-corrected chi connectivity index (χ3v) is 2.34. The van der Waals surface area contributed by atoms with Crippen LogP contribution in [-0.4, -0.2) is 44.5 Å². The number of hydrogen-bond donors (Lipinski definition) is 2. The predicted octanol–water partition coefficient (Wildman–Crippen LogP) is 0.571. The van der Waals surface area contributed by atoms with Gasteiger partial charge in [0.1, 0.15) is 0 Å².